The molecule has 0 saturated heterocycles. The van der Waals surface area contributed by atoms with Crippen molar-refractivity contribution in [3.05, 3.63) is 34.4 Å². The second kappa shape index (κ2) is 5.42. The van der Waals surface area contributed by atoms with Gasteiger partial charge in [-0.2, -0.15) is 0 Å². The van der Waals surface area contributed by atoms with Crippen LogP contribution in [-0.2, 0) is 10.0 Å². The molecule has 8 heteroatoms. The van der Waals surface area contributed by atoms with Gasteiger partial charge in [-0.25, -0.2) is 13.1 Å². The molecule has 0 aliphatic heterocycles. The van der Waals surface area contributed by atoms with Crippen LogP contribution in [0.4, 0.5) is 5.69 Å². The van der Waals surface area contributed by atoms with Crippen LogP contribution in [0.15, 0.2) is 29.2 Å². The first-order chi connectivity index (χ1) is 8.25. The zero-order chi connectivity index (χ0) is 13.9. The van der Waals surface area contributed by atoms with Crippen LogP contribution in [0.5, 0.6) is 0 Å². The summed E-state index contributed by atoms with van der Waals surface area (Å²) in [6.45, 7) is 3.24. The zero-order valence-corrected chi connectivity index (χ0v) is 10.8. The molecule has 7 nitrogen and oxygen atoms in total. The van der Waals surface area contributed by atoms with Crippen LogP contribution in [0.3, 0.4) is 0 Å². The number of nitro benzene ring substituents is 1. The topological polar surface area (TPSA) is 115 Å². The van der Waals surface area contributed by atoms with E-state index in [2.05, 4.69) is 4.72 Å². The first-order valence-electron chi connectivity index (χ1n) is 5.27. The average Bonchev–Trinajstić information content (AvgIpc) is 2.28. The molecule has 0 aliphatic carbocycles. The smallest absolute Gasteiger partial charge is 0.289 e. The third-order valence-electron chi connectivity index (χ3n) is 2.48. The number of sulfonamides is 1. The van der Waals surface area contributed by atoms with Gasteiger partial charge in [0, 0.05) is 18.2 Å². The molecule has 1 aromatic rings. The van der Waals surface area contributed by atoms with E-state index < -0.39 is 32.7 Å². The first kappa shape index (κ1) is 14.6. The maximum absolute atomic E-state index is 12.0. The Bertz CT molecular complexity index is 542. The molecule has 1 rings (SSSR count). The van der Waals surface area contributed by atoms with E-state index in [0.29, 0.717) is 0 Å². The van der Waals surface area contributed by atoms with E-state index in [9.17, 15) is 18.5 Å². The van der Waals surface area contributed by atoms with Gasteiger partial charge in [0.25, 0.3) is 5.69 Å². The highest BCUT2D eigenvalue weighted by molar-refractivity contribution is 7.89. The van der Waals surface area contributed by atoms with E-state index in [1.54, 1.807) is 13.8 Å². The molecule has 0 amide bonds. The van der Waals surface area contributed by atoms with Gasteiger partial charge in [-0.1, -0.05) is 12.1 Å². The fraction of sp³-hybridized carbons (Fsp3) is 0.400. The van der Waals surface area contributed by atoms with E-state index in [-0.39, 0.29) is 4.90 Å². The van der Waals surface area contributed by atoms with Gasteiger partial charge in [0.1, 0.15) is 0 Å². The molecule has 0 bridgehead atoms. The fourth-order valence-electron chi connectivity index (χ4n) is 1.25. The summed E-state index contributed by atoms with van der Waals surface area (Å²) in [5.41, 5.74) is 5.10. The lowest BCUT2D eigenvalue weighted by Crippen LogP contribution is -2.43. The van der Waals surface area contributed by atoms with E-state index in [1.807, 2.05) is 0 Å². The SMILES string of the molecule is CC(N)C(C)NS(=O)(=O)c1ccccc1[N+](=O)[O-]. The number of nitrogens with one attached hydrogen (secondary N) is 1. The highest BCUT2D eigenvalue weighted by Gasteiger charge is 2.27. The van der Waals surface area contributed by atoms with Gasteiger partial charge in [-0.15, -0.1) is 0 Å². The average molecular weight is 273 g/mol. The van der Waals surface area contributed by atoms with Crippen LogP contribution in [0.2, 0.25) is 0 Å². The lowest BCUT2D eigenvalue weighted by Gasteiger charge is -2.17. The van der Waals surface area contributed by atoms with Crippen molar-refractivity contribution in [2.75, 3.05) is 0 Å². The highest BCUT2D eigenvalue weighted by atomic mass is 32.2. The van der Waals surface area contributed by atoms with Crippen LogP contribution >= 0.6 is 0 Å². The predicted molar refractivity (Wildman–Crippen MR) is 66.5 cm³/mol. The summed E-state index contributed by atoms with van der Waals surface area (Å²) in [6.07, 6.45) is 0. The molecule has 0 heterocycles. The van der Waals surface area contributed by atoms with Crippen molar-refractivity contribution >= 4 is 15.7 Å². The minimum absolute atomic E-state index is 0.359. The molecule has 0 aliphatic rings. The summed E-state index contributed by atoms with van der Waals surface area (Å²) in [7, 11) is -3.95. The van der Waals surface area contributed by atoms with Crippen LogP contribution < -0.4 is 10.5 Å². The van der Waals surface area contributed by atoms with E-state index in [0.717, 1.165) is 6.07 Å². The minimum atomic E-state index is -3.95. The molecule has 0 fully saturated rings. The molecule has 18 heavy (non-hydrogen) atoms. The number of nitrogens with zero attached hydrogens (tertiary/aromatic N) is 1. The normalized spacial score (nSPS) is 15.1. The van der Waals surface area contributed by atoms with Gasteiger partial charge in [-0.05, 0) is 19.9 Å². The van der Waals surface area contributed by atoms with Gasteiger partial charge >= 0.3 is 0 Å². The van der Waals surface area contributed by atoms with Crippen LogP contribution in [0.1, 0.15) is 13.8 Å². The molecule has 0 aromatic heterocycles. The van der Waals surface area contributed by atoms with E-state index in [1.165, 1.54) is 18.2 Å². The number of para-hydroxylation sites is 1. The van der Waals surface area contributed by atoms with Crippen LogP contribution in [0, 0.1) is 10.1 Å². The molecular weight excluding hydrogens is 258 g/mol. The third kappa shape index (κ3) is 3.25. The molecule has 0 saturated carbocycles. The Morgan fingerprint density at radius 1 is 1.33 bits per heavy atom. The molecule has 0 radical (unpaired) electrons. The lowest BCUT2D eigenvalue weighted by atomic mass is 10.2. The number of nitro groups is 1. The molecule has 2 unspecified atom stereocenters. The monoisotopic (exact) mass is 273 g/mol. The van der Waals surface area contributed by atoms with Gasteiger partial charge in [0.2, 0.25) is 10.0 Å². The van der Waals surface area contributed by atoms with Crippen molar-refractivity contribution in [3.8, 4) is 0 Å². The van der Waals surface area contributed by atoms with Gasteiger partial charge < -0.3 is 5.73 Å². The Labute approximate surface area is 105 Å². The number of nitrogens with two attached hydrogens (primary N) is 1. The number of hydrogen-bond donors (Lipinski definition) is 2. The second-order valence-electron chi connectivity index (χ2n) is 3.99. The highest BCUT2D eigenvalue weighted by Crippen LogP contribution is 2.22. The standard InChI is InChI=1S/C10H15N3O4S/c1-7(11)8(2)12-18(16,17)10-6-4-3-5-9(10)13(14)15/h3-8,12H,11H2,1-2H3. The predicted octanol–water partition coefficient (Wildman–Crippen LogP) is 0.609. The lowest BCUT2D eigenvalue weighted by molar-refractivity contribution is -0.387. The Kier molecular flexibility index (Phi) is 4.38. The summed E-state index contributed by atoms with van der Waals surface area (Å²) < 4.78 is 26.3. The Morgan fingerprint density at radius 2 is 1.89 bits per heavy atom. The van der Waals surface area contributed by atoms with Crippen LogP contribution in [-0.4, -0.2) is 25.4 Å². The second-order valence-corrected chi connectivity index (χ2v) is 5.68. The largest absolute Gasteiger partial charge is 0.327 e. The number of benzene rings is 1. The zero-order valence-electron chi connectivity index (χ0n) is 10.0. The molecule has 1 aromatic carbocycles. The summed E-state index contributed by atoms with van der Waals surface area (Å²) in [6, 6.07) is 4.25. The molecule has 100 valence electrons. The quantitative estimate of drug-likeness (QED) is 0.602. The van der Waals surface area contributed by atoms with Gasteiger partial charge in [0.05, 0.1) is 4.92 Å². The van der Waals surface area contributed by atoms with Crippen molar-refractivity contribution in [3.63, 3.8) is 0 Å². The van der Waals surface area contributed by atoms with Crippen molar-refractivity contribution in [2.45, 2.75) is 30.8 Å². The van der Waals surface area contributed by atoms with Crippen LogP contribution in [0.25, 0.3) is 0 Å². The first-order valence-corrected chi connectivity index (χ1v) is 6.75. The number of hydrogen-bond acceptors (Lipinski definition) is 5. The fourth-order valence-corrected chi connectivity index (χ4v) is 2.76. The number of rotatable bonds is 5. The van der Waals surface area contributed by atoms with E-state index in [4.69, 9.17) is 5.73 Å². The van der Waals surface area contributed by atoms with Crippen molar-refractivity contribution in [1.29, 1.82) is 0 Å². The summed E-state index contributed by atoms with van der Waals surface area (Å²) in [4.78, 5) is 9.69. The summed E-state index contributed by atoms with van der Waals surface area (Å²) in [5, 5.41) is 10.8. The Hall–Kier alpha value is -1.51. The maximum atomic E-state index is 12.0. The van der Waals surface area contributed by atoms with Crippen molar-refractivity contribution < 1.29 is 13.3 Å². The molecule has 0 spiro atoms. The molecule has 3 N–H and O–H groups in total. The van der Waals surface area contributed by atoms with Crippen molar-refractivity contribution in [2.24, 2.45) is 5.73 Å². The van der Waals surface area contributed by atoms with E-state index >= 15 is 0 Å². The van der Waals surface area contributed by atoms with Crippen molar-refractivity contribution in [1.82, 2.24) is 4.72 Å². The maximum Gasteiger partial charge on any atom is 0.289 e. The molecule has 2 atom stereocenters. The Balaban J connectivity index is 3.17. The summed E-state index contributed by atoms with van der Waals surface area (Å²) in [5.74, 6) is 0. The minimum Gasteiger partial charge on any atom is -0.327 e. The van der Waals surface area contributed by atoms with Gasteiger partial charge in [-0.3, -0.25) is 10.1 Å². The van der Waals surface area contributed by atoms with Gasteiger partial charge in [0.15, 0.2) is 4.90 Å². The molecular formula is C10H15N3O4S. The third-order valence-corrected chi connectivity index (χ3v) is 4.09. The Morgan fingerprint density at radius 3 is 2.39 bits per heavy atom. The summed E-state index contributed by atoms with van der Waals surface area (Å²) >= 11 is 0.